The van der Waals surface area contributed by atoms with Gasteiger partial charge < -0.3 is 10.6 Å². The van der Waals surface area contributed by atoms with Crippen molar-refractivity contribution in [2.24, 2.45) is 0 Å². The van der Waals surface area contributed by atoms with E-state index in [0.29, 0.717) is 11.5 Å². The molecule has 2 N–H and O–H groups in total. The Balaban J connectivity index is 2.10. The lowest BCUT2D eigenvalue weighted by Gasteiger charge is -2.08. The number of aryl methyl sites for hydroxylation is 2. The number of hydrogen-bond donors (Lipinski definition) is 2. The number of nitrogens with one attached hydrogen (secondary N) is 2. The lowest BCUT2D eigenvalue weighted by atomic mass is 10.1. The lowest BCUT2D eigenvalue weighted by molar-refractivity contribution is -0.112. The molecule has 5 heteroatoms. The Kier molecular flexibility index (Phi) is 4.89. The molecule has 0 atom stereocenters. The van der Waals surface area contributed by atoms with Gasteiger partial charge in [0, 0.05) is 18.1 Å². The van der Waals surface area contributed by atoms with Crippen molar-refractivity contribution >= 4 is 17.4 Å². The predicted octanol–water partition coefficient (Wildman–Crippen LogP) is 3.16. The summed E-state index contributed by atoms with van der Waals surface area (Å²) in [7, 11) is 0. The highest BCUT2D eigenvalue weighted by molar-refractivity contribution is 6.07. The molecule has 0 saturated carbocycles. The number of pyridine rings is 1. The first kappa shape index (κ1) is 15.3. The summed E-state index contributed by atoms with van der Waals surface area (Å²) in [5, 5.41) is 14.7. The molecule has 0 bridgehead atoms. The summed E-state index contributed by atoms with van der Waals surface area (Å²) in [6.45, 7) is 3.89. The van der Waals surface area contributed by atoms with Crippen LogP contribution in [-0.4, -0.2) is 10.9 Å². The Bertz CT molecular complexity index is 745. The van der Waals surface area contributed by atoms with E-state index in [9.17, 15) is 4.79 Å². The number of nitrogens with zero attached hydrogens (tertiary/aromatic N) is 2. The van der Waals surface area contributed by atoms with Crippen LogP contribution >= 0.6 is 0 Å². The van der Waals surface area contributed by atoms with Crippen LogP contribution in [0.1, 0.15) is 11.1 Å². The van der Waals surface area contributed by atoms with Gasteiger partial charge in [0.05, 0.1) is 0 Å². The van der Waals surface area contributed by atoms with Crippen molar-refractivity contribution in [1.82, 2.24) is 4.98 Å². The van der Waals surface area contributed by atoms with Crippen LogP contribution in [0, 0.1) is 25.2 Å². The number of carbonyl (C=O) groups excluding carboxylic acids is 1. The number of hydrogen-bond acceptors (Lipinski definition) is 4. The van der Waals surface area contributed by atoms with Gasteiger partial charge in [-0.25, -0.2) is 4.98 Å². The number of rotatable bonds is 4. The van der Waals surface area contributed by atoms with E-state index < -0.39 is 5.91 Å². The third-order valence-corrected chi connectivity index (χ3v) is 3.02. The molecule has 2 rings (SSSR count). The van der Waals surface area contributed by atoms with E-state index >= 15 is 0 Å². The topological polar surface area (TPSA) is 77.8 Å². The molecule has 1 aromatic carbocycles. The summed E-state index contributed by atoms with van der Waals surface area (Å²) in [5.41, 5.74) is 2.73. The molecular weight excluding hydrogens is 276 g/mol. The van der Waals surface area contributed by atoms with Gasteiger partial charge in [-0.15, -0.1) is 0 Å². The number of carbonyl (C=O) groups is 1. The Morgan fingerprint density at radius 3 is 2.73 bits per heavy atom. The zero-order valence-electron chi connectivity index (χ0n) is 12.4. The van der Waals surface area contributed by atoms with E-state index in [0.717, 1.165) is 11.1 Å². The SMILES string of the molecule is Cc1ccc(NC(=O)/C(C#N)=C\Nc2ccccn2)c(C)c1. The molecule has 0 radical (unpaired) electrons. The maximum atomic E-state index is 12.1. The summed E-state index contributed by atoms with van der Waals surface area (Å²) in [4.78, 5) is 16.2. The second-order valence-corrected chi connectivity index (χ2v) is 4.80. The van der Waals surface area contributed by atoms with Crippen LogP contribution in [0.3, 0.4) is 0 Å². The maximum absolute atomic E-state index is 12.1. The summed E-state index contributed by atoms with van der Waals surface area (Å²) in [6, 6.07) is 12.9. The Labute approximate surface area is 129 Å². The van der Waals surface area contributed by atoms with Gasteiger partial charge in [0.25, 0.3) is 5.91 Å². The molecule has 2 aromatic rings. The smallest absolute Gasteiger partial charge is 0.267 e. The molecule has 0 aliphatic rings. The highest BCUT2D eigenvalue weighted by Gasteiger charge is 2.10. The van der Waals surface area contributed by atoms with E-state index in [1.165, 1.54) is 6.20 Å². The largest absolute Gasteiger partial charge is 0.345 e. The van der Waals surface area contributed by atoms with Crippen molar-refractivity contribution < 1.29 is 4.79 Å². The first-order valence-electron chi connectivity index (χ1n) is 6.76. The normalized spacial score (nSPS) is 10.7. The molecule has 0 fully saturated rings. The molecular formula is C17H16N4O. The molecule has 0 spiro atoms. The standard InChI is InChI=1S/C17H16N4O/c1-12-6-7-15(13(2)9-12)21-17(22)14(10-18)11-20-16-5-3-4-8-19-16/h3-9,11H,1-2H3,(H,19,20)(H,21,22)/b14-11-. The van der Waals surface area contributed by atoms with Crippen LogP contribution in [0.25, 0.3) is 0 Å². The number of amides is 1. The van der Waals surface area contributed by atoms with Gasteiger partial charge in [0.15, 0.2) is 0 Å². The van der Waals surface area contributed by atoms with Crippen molar-refractivity contribution in [3.63, 3.8) is 0 Å². The van der Waals surface area contributed by atoms with Crippen LogP contribution in [0.2, 0.25) is 0 Å². The van der Waals surface area contributed by atoms with Crippen molar-refractivity contribution in [3.05, 3.63) is 65.5 Å². The summed E-state index contributed by atoms with van der Waals surface area (Å²) >= 11 is 0. The van der Waals surface area contributed by atoms with Crippen LogP contribution in [0.15, 0.2) is 54.4 Å². The molecule has 0 aliphatic heterocycles. The number of aromatic nitrogens is 1. The maximum Gasteiger partial charge on any atom is 0.267 e. The third-order valence-electron chi connectivity index (χ3n) is 3.02. The highest BCUT2D eigenvalue weighted by Crippen LogP contribution is 2.16. The quantitative estimate of drug-likeness (QED) is 0.670. The Hall–Kier alpha value is -3.13. The van der Waals surface area contributed by atoms with E-state index in [2.05, 4.69) is 15.6 Å². The van der Waals surface area contributed by atoms with Crippen molar-refractivity contribution in [2.75, 3.05) is 10.6 Å². The van der Waals surface area contributed by atoms with Gasteiger partial charge in [-0.1, -0.05) is 23.8 Å². The Morgan fingerprint density at radius 1 is 1.27 bits per heavy atom. The van der Waals surface area contributed by atoms with Crippen LogP contribution in [-0.2, 0) is 4.79 Å². The molecule has 0 saturated heterocycles. The first-order valence-corrected chi connectivity index (χ1v) is 6.76. The predicted molar refractivity (Wildman–Crippen MR) is 86.1 cm³/mol. The summed E-state index contributed by atoms with van der Waals surface area (Å²) in [5.74, 6) is 0.104. The fourth-order valence-corrected chi connectivity index (χ4v) is 1.89. The molecule has 0 aliphatic carbocycles. The minimum atomic E-state index is -0.460. The van der Waals surface area contributed by atoms with Gasteiger partial charge >= 0.3 is 0 Å². The van der Waals surface area contributed by atoms with Crippen LogP contribution < -0.4 is 10.6 Å². The third kappa shape index (κ3) is 3.93. The monoisotopic (exact) mass is 292 g/mol. The molecule has 110 valence electrons. The molecule has 1 aromatic heterocycles. The average molecular weight is 292 g/mol. The van der Waals surface area contributed by atoms with E-state index in [4.69, 9.17) is 5.26 Å². The lowest BCUT2D eigenvalue weighted by Crippen LogP contribution is -2.15. The zero-order chi connectivity index (χ0) is 15.9. The molecule has 1 amide bonds. The zero-order valence-corrected chi connectivity index (χ0v) is 12.4. The van der Waals surface area contributed by atoms with Crippen LogP contribution in [0.5, 0.6) is 0 Å². The minimum absolute atomic E-state index is 0.0226. The van der Waals surface area contributed by atoms with E-state index in [1.54, 1.807) is 18.3 Å². The van der Waals surface area contributed by atoms with Crippen molar-refractivity contribution in [2.45, 2.75) is 13.8 Å². The summed E-state index contributed by atoms with van der Waals surface area (Å²) < 4.78 is 0. The fourth-order valence-electron chi connectivity index (χ4n) is 1.89. The fraction of sp³-hybridized carbons (Fsp3) is 0.118. The van der Waals surface area contributed by atoms with Gasteiger partial charge in [-0.3, -0.25) is 4.79 Å². The van der Waals surface area contributed by atoms with Crippen LogP contribution in [0.4, 0.5) is 11.5 Å². The molecule has 22 heavy (non-hydrogen) atoms. The second-order valence-electron chi connectivity index (χ2n) is 4.80. The number of nitriles is 1. The van der Waals surface area contributed by atoms with Crippen molar-refractivity contribution in [1.29, 1.82) is 5.26 Å². The van der Waals surface area contributed by atoms with Gasteiger partial charge in [0.1, 0.15) is 17.5 Å². The Morgan fingerprint density at radius 2 is 2.09 bits per heavy atom. The van der Waals surface area contributed by atoms with Gasteiger partial charge in [-0.05, 0) is 37.6 Å². The van der Waals surface area contributed by atoms with Crippen molar-refractivity contribution in [3.8, 4) is 6.07 Å². The number of anilines is 2. The van der Waals surface area contributed by atoms with Gasteiger partial charge in [0.2, 0.25) is 0 Å². The number of benzene rings is 1. The average Bonchev–Trinajstić information content (AvgIpc) is 2.52. The first-order chi connectivity index (χ1) is 10.6. The van der Waals surface area contributed by atoms with E-state index in [-0.39, 0.29) is 5.57 Å². The molecule has 0 unspecified atom stereocenters. The summed E-state index contributed by atoms with van der Waals surface area (Å²) in [6.07, 6.45) is 2.97. The highest BCUT2D eigenvalue weighted by atomic mass is 16.1. The minimum Gasteiger partial charge on any atom is -0.345 e. The van der Waals surface area contributed by atoms with E-state index in [1.807, 2.05) is 44.2 Å². The molecule has 1 heterocycles. The van der Waals surface area contributed by atoms with Gasteiger partial charge in [-0.2, -0.15) is 5.26 Å². The molecule has 5 nitrogen and oxygen atoms in total. The second kappa shape index (κ2) is 7.04.